The molecule has 0 atom stereocenters. The van der Waals surface area contributed by atoms with Crippen molar-refractivity contribution in [3.8, 4) is 28.1 Å². The molecule has 10 aromatic rings. The van der Waals surface area contributed by atoms with Crippen LogP contribution in [0, 0.1) is 0 Å². The van der Waals surface area contributed by atoms with Gasteiger partial charge in [0.25, 0.3) is 0 Å². The minimum atomic E-state index is 1.11. The molecule has 0 saturated carbocycles. The lowest BCUT2D eigenvalue weighted by Crippen LogP contribution is -2.10. The Morgan fingerprint density at radius 2 is 0.946 bits per heavy atom. The molecular weight excluding hydrogens is 677 g/mol. The van der Waals surface area contributed by atoms with Crippen LogP contribution < -0.4 is 4.90 Å². The highest BCUT2D eigenvalue weighted by Gasteiger charge is 2.23. The Labute approximate surface area is 327 Å². The van der Waals surface area contributed by atoms with Gasteiger partial charge in [0.15, 0.2) is 0 Å². The quantitative estimate of drug-likeness (QED) is 0.112. The lowest BCUT2D eigenvalue weighted by molar-refractivity contribution is 1.13. The van der Waals surface area contributed by atoms with Crippen LogP contribution in [0.5, 0.6) is 0 Å². The summed E-state index contributed by atoms with van der Waals surface area (Å²) in [4.78, 5) is 2.38. The summed E-state index contributed by atoms with van der Waals surface area (Å²) < 4.78 is 2.45. The van der Waals surface area contributed by atoms with Crippen LogP contribution in [0.4, 0.5) is 17.1 Å². The molecule has 264 valence electrons. The zero-order chi connectivity index (χ0) is 37.3. The normalized spacial score (nSPS) is 11.5. The van der Waals surface area contributed by atoms with Crippen LogP contribution in [0.15, 0.2) is 218 Å². The van der Waals surface area contributed by atoms with Crippen molar-refractivity contribution in [1.82, 2.24) is 4.57 Å². The molecule has 56 heavy (non-hydrogen) atoms. The van der Waals surface area contributed by atoms with E-state index in [0.29, 0.717) is 0 Å². The van der Waals surface area contributed by atoms with Crippen LogP contribution in [-0.2, 0) is 0 Å². The first-order chi connectivity index (χ1) is 27.8. The van der Waals surface area contributed by atoms with E-state index in [1.54, 1.807) is 0 Å². The third kappa shape index (κ3) is 5.95. The molecule has 9 aromatic carbocycles. The van der Waals surface area contributed by atoms with E-state index in [2.05, 4.69) is 240 Å². The molecule has 2 nitrogen and oxygen atoms in total. The Hall–Kier alpha value is -7.42. The van der Waals surface area contributed by atoms with E-state index in [4.69, 9.17) is 0 Å². The van der Waals surface area contributed by atoms with Gasteiger partial charge >= 0.3 is 0 Å². The number of aromatic nitrogens is 1. The molecule has 0 bridgehead atoms. The number of anilines is 3. The fourth-order valence-corrected chi connectivity index (χ4v) is 8.24. The second kappa shape index (κ2) is 14.4. The average molecular weight is 715 g/mol. The lowest BCUT2D eigenvalue weighted by Gasteiger charge is -2.27. The molecule has 0 fully saturated rings. The van der Waals surface area contributed by atoms with Gasteiger partial charge in [0.2, 0.25) is 0 Å². The summed E-state index contributed by atoms with van der Waals surface area (Å²) in [5.74, 6) is 0. The molecule has 1 heterocycles. The second-order valence-corrected chi connectivity index (χ2v) is 14.1. The summed E-state index contributed by atoms with van der Waals surface area (Å²) in [5, 5.41) is 6.18. The van der Waals surface area contributed by atoms with Crippen molar-refractivity contribution in [1.29, 1.82) is 0 Å². The largest absolute Gasteiger partial charge is 0.310 e. The molecule has 1 aromatic heterocycles. The summed E-state index contributed by atoms with van der Waals surface area (Å²) in [6.45, 7) is 0. The third-order valence-electron chi connectivity index (χ3n) is 10.8. The minimum Gasteiger partial charge on any atom is -0.310 e. The van der Waals surface area contributed by atoms with Crippen LogP contribution in [0.2, 0.25) is 0 Å². The third-order valence-corrected chi connectivity index (χ3v) is 10.8. The van der Waals surface area contributed by atoms with Crippen LogP contribution >= 0.6 is 0 Å². The van der Waals surface area contributed by atoms with E-state index < -0.39 is 0 Å². The monoisotopic (exact) mass is 714 g/mol. The molecule has 2 heteroatoms. The maximum atomic E-state index is 2.45. The molecule has 0 aliphatic carbocycles. The molecule has 0 N–H and O–H groups in total. The molecule has 0 amide bonds. The zero-order valence-electron chi connectivity index (χ0n) is 30.8. The van der Waals surface area contributed by atoms with Gasteiger partial charge in [0, 0.05) is 33.4 Å². The molecule has 0 saturated heterocycles. The summed E-state index contributed by atoms with van der Waals surface area (Å²) in [5.41, 5.74) is 12.8. The smallest absolute Gasteiger partial charge is 0.0619 e. The number of hydrogen-bond acceptors (Lipinski definition) is 1. The van der Waals surface area contributed by atoms with Gasteiger partial charge in [0.05, 0.1) is 16.9 Å². The number of para-hydroxylation sites is 3. The van der Waals surface area contributed by atoms with Crippen LogP contribution in [0.1, 0.15) is 11.1 Å². The predicted molar refractivity (Wildman–Crippen MR) is 239 cm³/mol. The van der Waals surface area contributed by atoms with Gasteiger partial charge < -0.3 is 9.47 Å². The first-order valence-electron chi connectivity index (χ1n) is 19.2. The van der Waals surface area contributed by atoms with E-state index in [9.17, 15) is 0 Å². The van der Waals surface area contributed by atoms with Crippen molar-refractivity contribution in [2.75, 3.05) is 4.90 Å². The first-order valence-corrected chi connectivity index (χ1v) is 19.2. The highest BCUT2D eigenvalue weighted by atomic mass is 15.1. The maximum absolute atomic E-state index is 2.45. The molecule has 0 spiro atoms. The minimum absolute atomic E-state index is 1.11. The van der Waals surface area contributed by atoms with Crippen LogP contribution in [-0.4, -0.2) is 4.57 Å². The van der Waals surface area contributed by atoms with Crippen molar-refractivity contribution < 1.29 is 0 Å². The molecule has 0 aliphatic heterocycles. The Morgan fingerprint density at radius 3 is 1.66 bits per heavy atom. The predicted octanol–water partition coefficient (Wildman–Crippen LogP) is 14.9. The number of nitrogens with zero attached hydrogens (tertiary/aromatic N) is 2. The SMILES string of the molecule is C(=C\c1cccc2c(-c3ccccc3)c(-c3ccccc3)n(-c3ccccc3)c12)/c1ccc(N(c2ccccc2)c2cc3ccccc3c3ccccc23)cc1. The van der Waals surface area contributed by atoms with E-state index in [1.165, 1.54) is 54.8 Å². The van der Waals surface area contributed by atoms with Crippen molar-refractivity contribution >= 4 is 61.7 Å². The van der Waals surface area contributed by atoms with E-state index in [-0.39, 0.29) is 0 Å². The highest BCUT2D eigenvalue weighted by molar-refractivity contribution is 6.14. The zero-order valence-corrected chi connectivity index (χ0v) is 30.8. The first kappa shape index (κ1) is 33.2. The molecule has 0 radical (unpaired) electrons. The number of benzene rings is 9. The number of fused-ring (bicyclic) bond motifs is 4. The fourth-order valence-electron chi connectivity index (χ4n) is 8.24. The van der Waals surface area contributed by atoms with Crippen molar-refractivity contribution in [3.63, 3.8) is 0 Å². The molecule has 0 unspecified atom stereocenters. The Kier molecular flexibility index (Phi) is 8.55. The standard InChI is InChI=1S/C54H38N2/c1-5-18-40(19-6-1)52-50-31-17-23-42(53(50)56(45-26-11-4-12-27-45)54(52)41-20-7-2-8-21-41)35-32-39-33-36-46(37-34-39)55(44-24-9-3-10-25-44)51-38-43-22-13-14-28-47(43)48-29-15-16-30-49(48)51/h1-38H/b35-32+. The summed E-state index contributed by atoms with van der Waals surface area (Å²) >= 11 is 0. The summed E-state index contributed by atoms with van der Waals surface area (Å²) in [6, 6.07) is 78.4. The molecule has 0 aliphatic rings. The van der Waals surface area contributed by atoms with Gasteiger partial charge in [-0.25, -0.2) is 0 Å². The van der Waals surface area contributed by atoms with E-state index in [0.717, 1.165) is 33.9 Å². The molecular formula is C54H38N2. The number of rotatable bonds is 8. The second-order valence-electron chi connectivity index (χ2n) is 14.1. The highest BCUT2D eigenvalue weighted by Crippen LogP contribution is 2.45. The number of hydrogen-bond donors (Lipinski definition) is 0. The van der Waals surface area contributed by atoms with Crippen molar-refractivity contribution in [2.24, 2.45) is 0 Å². The van der Waals surface area contributed by atoms with Crippen molar-refractivity contribution in [2.45, 2.75) is 0 Å². The summed E-state index contributed by atoms with van der Waals surface area (Å²) in [6.07, 6.45) is 4.51. The van der Waals surface area contributed by atoms with Gasteiger partial charge in [0.1, 0.15) is 0 Å². The van der Waals surface area contributed by atoms with E-state index >= 15 is 0 Å². The fraction of sp³-hybridized carbons (Fsp3) is 0. The van der Waals surface area contributed by atoms with Gasteiger partial charge in [-0.05, 0) is 80.9 Å². The van der Waals surface area contributed by atoms with Gasteiger partial charge in [-0.2, -0.15) is 0 Å². The van der Waals surface area contributed by atoms with Crippen molar-refractivity contribution in [3.05, 3.63) is 230 Å². The Bertz CT molecular complexity index is 2980. The average Bonchev–Trinajstić information content (AvgIpc) is 3.63. The van der Waals surface area contributed by atoms with Crippen LogP contribution in [0.3, 0.4) is 0 Å². The Balaban J connectivity index is 1.11. The van der Waals surface area contributed by atoms with E-state index in [1.807, 2.05) is 0 Å². The maximum Gasteiger partial charge on any atom is 0.0619 e. The van der Waals surface area contributed by atoms with Gasteiger partial charge in [-0.1, -0.05) is 188 Å². The Morgan fingerprint density at radius 1 is 0.393 bits per heavy atom. The van der Waals surface area contributed by atoms with Gasteiger partial charge in [-0.15, -0.1) is 0 Å². The lowest BCUT2D eigenvalue weighted by atomic mass is 9.97. The van der Waals surface area contributed by atoms with Crippen LogP contribution in [0.25, 0.3) is 72.7 Å². The summed E-state index contributed by atoms with van der Waals surface area (Å²) in [7, 11) is 0. The van der Waals surface area contributed by atoms with Gasteiger partial charge in [-0.3, -0.25) is 0 Å². The molecule has 10 rings (SSSR count). The topological polar surface area (TPSA) is 8.17 Å².